The van der Waals surface area contributed by atoms with Gasteiger partial charge in [-0.25, -0.2) is 8.42 Å². The van der Waals surface area contributed by atoms with E-state index in [4.69, 9.17) is 0 Å². The van der Waals surface area contributed by atoms with E-state index in [0.717, 1.165) is 6.20 Å². The van der Waals surface area contributed by atoms with Gasteiger partial charge in [0.15, 0.2) is 0 Å². The van der Waals surface area contributed by atoms with Crippen molar-refractivity contribution in [2.24, 2.45) is 0 Å². The molecule has 11 heteroatoms. The van der Waals surface area contributed by atoms with Crippen LogP contribution < -0.4 is 4.72 Å². The molecule has 0 aliphatic rings. The zero-order chi connectivity index (χ0) is 18.2. The molecule has 130 valence electrons. The fourth-order valence-electron chi connectivity index (χ4n) is 1.72. The van der Waals surface area contributed by atoms with E-state index in [2.05, 4.69) is 4.98 Å². The predicted octanol–water partition coefficient (Wildman–Crippen LogP) is 3.92. The van der Waals surface area contributed by atoms with Gasteiger partial charge in [-0.15, -0.1) is 0 Å². The third kappa shape index (κ3) is 4.16. The molecule has 0 saturated heterocycles. The molecule has 0 fully saturated rings. The molecule has 1 aromatic carbocycles. The maximum Gasteiger partial charge on any atom is 0.416 e. The first-order chi connectivity index (χ1) is 10.9. The summed E-state index contributed by atoms with van der Waals surface area (Å²) in [4.78, 5) is 2.43. The molecular formula is C13H8F6N2O2S. The second-order valence-electron chi connectivity index (χ2n) is 4.59. The Balaban J connectivity index is 2.56. The van der Waals surface area contributed by atoms with Gasteiger partial charge in [0.1, 0.15) is 0 Å². The van der Waals surface area contributed by atoms with Crippen molar-refractivity contribution in [2.45, 2.75) is 17.2 Å². The molecule has 24 heavy (non-hydrogen) atoms. The number of anilines is 1. The summed E-state index contributed by atoms with van der Waals surface area (Å²) in [6.45, 7) is 0. The van der Waals surface area contributed by atoms with Gasteiger partial charge in [0.2, 0.25) is 0 Å². The third-order valence-corrected chi connectivity index (χ3v) is 4.15. The van der Waals surface area contributed by atoms with E-state index in [1.807, 2.05) is 4.72 Å². The largest absolute Gasteiger partial charge is 0.416 e. The van der Waals surface area contributed by atoms with Gasteiger partial charge in [0, 0.05) is 6.20 Å². The summed E-state index contributed by atoms with van der Waals surface area (Å²) in [5, 5.41) is 0. The second-order valence-corrected chi connectivity index (χ2v) is 6.27. The Morgan fingerprint density at radius 1 is 0.917 bits per heavy atom. The van der Waals surface area contributed by atoms with Crippen LogP contribution in [0.25, 0.3) is 0 Å². The number of nitrogens with one attached hydrogen (secondary N) is 1. The number of alkyl halides is 6. The zero-order valence-corrected chi connectivity index (χ0v) is 12.3. The molecule has 0 aliphatic heterocycles. The summed E-state index contributed by atoms with van der Waals surface area (Å²) in [7, 11) is -4.67. The molecule has 1 aromatic heterocycles. The fourth-order valence-corrected chi connectivity index (χ4v) is 2.83. The van der Waals surface area contributed by atoms with Crippen molar-refractivity contribution in [1.82, 2.24) is 4.98 Å². The van der Waals surface area contributed by atoms with Crippen LogP contribution in [0.15, 0.2) is 47.6 Å². The minimum Gasteiger partial charge on any atom is -0.278 e. The van der Waals surface area contributed by atoms with Gasteiger partial charge in [-0.3, -0.25) is 9.71 Å². The number of pyridine rings is 1. The van der Waals surface area contributed by atoms with Crippen molar-refractivity contribution in [2.75, 3.05) is 4.72 Å². The number of rotatable bonds is 3. The van der Waals surface area contributed by atoms with Gasteiger partial charge in [-0.05, 0) is 30.3 Å². The van der Waals surface area contributed by atoms with Gasteiger partial charge >= 0.3 is 12.4 Å². The first kappa shape index (κ1) is 18.0. The van der Waals surface area contributed by atoms with Crippen LogP contribution in [0.3, 0.4) is 0 Å². The first-order valence-electron chi connectivity index (χ1n) is 6.12. The van der Waals surface area contributed by atoms with Crippen LogP contribution in [0.1, 0.15) is 11.1 Å². The first-order valence-corrected chi connectivity index (χ1v) is 7.60. The van der Waals surface area contributed by atoms with Crippen LogP contribution in [-0.2, 0) is 22.4 Å². The molecule has 4 nitrogen and oxygen atoms in total. The molecule has 0 bridgehead atoms. The van der Waals surface area contributed by atoms with E-state index in [1.54, 1.807) is 0 Å². The molecule has 0 radical (unpaired) electrons. The van der Waals surface area contributed by atoms with Crippen molar-refractivity contribution < 1.29 is 34.8 Å². The Morgan fingerprint density at radius 2 is 1.46 bits per heavy atom. The topological polar surface area (TPSA) is 59.1 Å². The van der Waals surface area contributed by atoms with Crippen molar-refractivity contribution in [3.8, 4) is 0 Å². The highest BCUT2D eigenvalue weighted by atomic mass is 32.2. The Labute approximate surface area is 132 Å². The smallest absolute Gasteiger partial charge is 0.278 e. The van der Waals surface area contributed by atoms with Crippen LogP contribution >= 0.6 is 0 Å². The fraction of sp³-hybridized carbons (Fsp3) is 0.154. The van der Waals surface area contributed by atoms with Gasteiger partial charge in [-0.1, -0.05) is 0 Å². The Morgan fingerprint density at radius 3 is 1.88 bits per heavy atom. The Bertz CT molecular complexity index is 800. The average molecular weight is 370 g/mol. The molecule has 0 saturated carbocycles. The molecular weight excluding hydrogens is 362 g/mol. The minimum absolute atomic E-state index is 0.108. The molecule has 0 aliphatic carbocycles. The molecule has 2 rings (SSSR count). The van der Waals surface area contributed by atoms with E-state index < -0.39 is 38.4 Å². The van der Waals surface area contributed by atoms with Crippen molar-refractivity contribution >= 4 is 15.7 Å². The van der Waals surface area contributed by atoms with E-state index in [0.29, 0.717) is 0 Å². The highest BCUT2D eigenvalue weighted by molar-refractivity contribution is 7.92. The SMILES string of the molecule is O=S(=O)(Nc1cccnc1)c1cc(C(F)(F)F)cc(C(F)(F)F)c1. The van der Waals surface area contributed by atoms with Gasteiger partial charge < -0.3 is 0 Å². The Hall–Kier alpha value is -2.30. The maximum atomic E-state index is 12.8. The van der Waals surface area contributed by atoms with Crippen molar-refractivity contribution in [3.63, 3.8) is 0 Å². The van der Waals surface area contributed by atoms with E-state index in [9.17, 15) is 34.8 Å². The van der Waals surface area contributed by atoms with Gasteiger partial charge in [-0.2, -0.15) is 26.3 Å². The number of sulfonamides is 1. The molecule has 0 atom stereocenters. The number of nitrogens with zero attached hydrogens (tertiary/aromatic N) is 1. The summed E-state index contributed by atoms with van der Waals surface area (Å²) >= 11 is 0. The van der Waals surface area contributed by atoms with Crippen molar-refractivity contribution in [1.29, 1.82) is 0 Å². The van der Waals surface area contributed by atoms with Gasteiger partial charge in [0.05, 0.1) is 27.9 Å². The highest BCUT2D eigenvalue weighted by Crippen LogP contribution is 2.37. The normalized spacial score (nSPS) is 12.9. The molecule has 0 amide bonds. The lowest BCUT2D eigenvalue weighted by Crippen LogP contribution is -2.17. The standard InChI is InChI=1S/C13H8F6N2O2S/c14-12(15,16)8-4-9(13(17,18)19)6-11(5-8)24(22,23)21-10-2-1-3-20-7-10/h1-7,21H. The highest BCUT2D eigenvalue weighted by Gasteiger charge is 2.38. The predicted molar refractivity (Wildman–Crippen MR) is 71.5 cm³/mol. The number of hydrogen-bond donors (Lipinski definition) is 1. The lowest BCUT2D eigenvalue weighted by atomic mass is 10.1. The Kier molecular flexibility index (Phi) is 4.48. The van der Waals surface area contributed by atoms with Crippen LogP contribution in [0, 0.1) is 0 Å². The second kappa shape index (κ2) is 5.96. The van der Waals surface area contributed by atoms with Crippen LogP contribution in [0.4, 0.5) is 32.0 Å². The summed E-state index contributed by atoms with van der Waals surface area (Å²) in [5.41, 5.74) is -3.55. The zero-order valence-electron chi connectivity index (χ0n) is 11.5. The molecule has 1 N–H and O–H groups in total. The van der Waals surface area contributed by atoms with E-state index >= 15 is 0 Å². The summed E-state index contributed by atoms with van der Waals surface area (Å²) in [6, 6.07) is 2.69. The molecule has 0 spiro atoms. The number of hydrogen-bond acceptors (Lipinski definition) is 3. The van der Waals surface area contributed by atoms with Crippen LogP contribution in [0.5, 0.6) is 0 Å². The van der Waals surface area contributed by atoms with Crippen molar-refractivity contribution in [3.05, 3.63) is 53.9 Å². The molecule has 2 aromatic rings. The van der Waals surface area contributed by atoms with Crippen LogP contribution in [-0.4, -0.2) is 13.4 Å². The molecule has 0 unspecified atom stereocenters. The van der Waals surface area contributed by atoms with E-state index in [-0.39, 0.29) is 23.9 Å². The maximum absolute atomic E-state index is 12.8. The number of benzene rings is 1. The third-order valence-electron chi connectivity index (χ3n) is 2.79. The van der Waals surface area contributed by atoms with Gasteiger partial charge in [0.25, 0.3) is 10.0 Å². The average Bonchev–Trinajstić information content (AvgIpc) is 2.45. The van der Waals surface area contributed by atoms with E-state index in [1.165, 1.54) is 18.3 Å². The minimum atomic E-state index is -5.14. The molecule has 1 heterocycles. The quantitative estimate of drug-likeness (QED) is 0.834. The summed E-state index contributed by atoms with van der Waals surface area (Å²) < 4.78 is 103. The monoisotopic (exact) mass is 370 g/mol. The summed E-state index contributed by atoms with van der Waals surface area (Å²) in [6.07, 6.45) is -7.92. The number of halogens is 6. The van der Waals surface area contributed by atoms with Crippen LogP contribution in [0.2, 0.25) is 0 Å². The lowest BCUT2D eigenvalue weighted by Gasteiger charge is -2.15. The number of aromatic nitrogens is 1. The lowest BCUT2D eigenvalue weighted by molar-refractivity contribution is -0.143. The summed E-state index contributed by atoms with van der Waals surface area (Å²) in [5.74, 6) is 0.